The van der Waals surface area contributed by atoms with Crippen molar-refractivity contribution in [3.8, 4) is 0 Å². The molecule has 1 heterocycles. The lowest BCUT2D eigenvalue weighted by molar-refractivity contribution is 0.131. The summed E-state index contributed by atoms with van der Waals surface area (Å²) < 4.78 is 0. The fourth-order valence-corrected chi connectivity index (χ4v) is 2.68. The molecule has 1 aliphatic heterocycles. The van der Waals surface area contributed by atoms with Crippen molar-refractivity contribution in [2.24, 2.45) is 5.41 Å². The Morgan fingerprint density at radius 3 is 2.65 bits per heavy atom. The third-order valence-electron chi connectivity index (χ3n) is 3.65. The van der Waals surface area contributed by atoms with Crippen LogP contribution in [0.3, 0.4) is 0 Å². The van der Waals surface area contributed by atoms with Crippen LogP contribution in [0.25, 0.3) is 0 Å². The lowest BCUT2D eigenvalue weighted by Crippen LogP contribution is -2.38. The van der Waals surface area contributed by atoms with Crippen LogP contribution in [-0.4, -0.2) is 29.7 Å². The molecule has 17 heavy (non-hydrogen) atoms. The van der Waals surface area contributed by atoms with Gasteiger partial charge in [-0.1, -0.05) is 38.1 Å². The molecule has 94 valence electrons. The molecule has 0 aliphatic carbocycles. The second-order valence-corrected chi connectivity index (χ2v) is 5.87. The Labute approximate surface area is 104 Å². The van der Waals surface area contributed by atoms with E-state index in [4.69, 9.17) is 5.11 Å². The summed E-state index contributed by atoms with van der Waals surface area (Å²) in [7, 11) is 0. The van der Waals surface area contributed by atoms with Gasteiger partial charge < -0.3 is 5.11 Å². The fraction of sp³-hybridized carbons (Fsp3) is 0.600. The lowest BCUT2D eigenvalue weighted by atomic mass is 9.88. The summed E-state index contributed by atoms with van der Waals surface area (Å²) in [4.78, 5) is 2.51. The maximum atomic E-state index is 9.07. The van der Waals surface area contributed by atoms with Crippen LogP contribution in [0.5, 0.6) is 0 Å². The predicted octanol–water partition coefficient (Wildman–Crippen LogP) is 2.45. The van der Waals surface area contributed by atoms with Crippen LogP contribution in [-0.2, 0) is 13.0 Å². The topological polar surface area (TPSA) is 23.5 Å². The van der Waals surface area contributed by atoms with E-state index in [9.17, 15) is 0 Å². The molecule has 1 aliphatic rings. The number of rotatable bonds is 4. The van der Waals surface area contributed by atoms with E-state index in [0.717, 1.165) is 32.5 Å². The van der Waals surface area contributed by atoms with Gasteiger partial charge in [0.15, 0.2) is 0 Å². The van der Waals surface area contributed by atoms with Gasteiger partial charge in [-0.05, 0) is 29.4 Å². The molecule has 0 spiro atoms. The Bertz CT molecular complexity index is 373. The Morgan fingerprint density at radius 2 is 1.94 bits per heavy atom. The zero-order chi connectivity index (χ0) is 12.3. The highest BCUT2D eigenvalue weighted by Gasteiger charge is 2.23. The van der Waals surface area contributed by atoms with Crippen molar-refractivity contribution >= 4 is 0 Å². The molecule has 2 nitrogen and oxygen atoms in total. The van der Waals surface area contributed by atoms with Crippen LogP contribution >= 0.6 is 0 Å². The average Bonchev–Trinajstić information content (AvgIpc) is 2.28. The molecule has 0 bridgehead atoms. The van der Waals surface area contributed by atoms with Gasteiger partial charge in [0.05, 0.1) is 0 Å². The molecule has 2 rings (SSSR count). The molecular weight excluding hydrogens is 210 g/mol. The highest BCUT2D eigenvalue weighted by Crippen LogP contribution is 2.25. The monoisotopic (exact) mass is 233 g/mol. The average molecular weight is 233 g/mol. The van der Waals surface area contributed by atoms with Crippen molar-refractivity contribution in [1.29, 1.82) is 0 Å². The normalized spacial score (nSPS) is 16.9. The Balaban J connectivity index is 1.98. The van der Waals surface area contributed by atoms with Gasteiger partial charge in [-0.3, -0.25) is 4.90 Å². The summed E-state index contributed by atoms with van der Waals surface area (Å²) in [5, 5.41) is 9.07. The van der Waals surface area contributed by atoms with E-state index in [1.807, 2.05) is 0 Å². The first kappa shape index (κ1) is 12.6. The molecule has 0 saturated heterocycles. The first-order valence-corrected chi connectivity index (χ1v) is 6.51. The van der Waals surface area contributed by atoms with Crippen LogP contribution in [0.15, 0.2) is 24.3 Å². The van der Waals surface area contributed by atoms with E-state index in [0.29, 0.717) is 0 Å². The van der Waals surface area contributed by atoms with Crippen molar-refractivity contribution in [1.82, 2.24) is 4.90 Å². The summed E-state index contributed by atoms with van der Waals surface area (Å²) in [6, 6.07) is 8.73. The molecule has 1 aromatic rings. The van der Waals surface area contributed by atoms with Crippen molar-refractivity contribution in [3.05, 3.63) is 35.4 Å². The van der Waals surface area contributed by atoms with Crippen LogP contribution in [0.2, 0.25) is 0 Å². The highest BCUT2D eigenvalue weighted by atomic mass is 16.3. The van der Waals surface area contributed by atoms with Gasteiger partial charge in [-0.2, -0.15) is 0 Å². The van der Waals surface area contributed by atoms with E-state index >= 15 is 0 Å². The quantitative estimate of drug-likeness (QED) is 0.863. The Kier molecular flexibility index (Phi) is 3.85. The highest BCUT2D eigenvalue weighted by molar-refractivity contribution is 5.29. The SMILES string of the molecule is CC(C)(CCO)CN1CCc2ccccc2C1. The minimum atomic E-state index is 0.209. The minimum Gasteiger partial charge on any atom is -0.396 e. The number of aliphatic hydroxyl groups excluding tert-OH is 1. The molecule has 0 saturated carbocycles. The molecule has 0 fully saturated rings. The molecule has 0 atom stereocenters. The van der Waals surface area contributed by atoms with E-state index in [-0.39, 0.29) is 12.0 Å². The summed E-state index contributed by atoms with van der Waals surface area (Å²) in [6.07, 6.45) is 2.04. The van der Waals surface area contributed by atoms with Crippen molar-refractivity contribution < 1.29 is 5.11 Å². The molecule has 2 heteroatoms. The fourth-order valence-electron chi connectivity index (χ4n) is 2.68. The Morgan fingerprint density at radius 1 is 1.24 bits per heavy atom. The first-order valence-electron chi connectivity index (χ1n) is 6.51. The second kappa shape index (κ2) is 5.19. The second-order valence-electron chi connectivity index (χ2n) is 5.87. The molecule has 0 amide bonds. The molecule has 0 aromatic heterocycles. The zero-order valence-corrected chi connectivity index (χ0v) is 10.9. The molecule has 1 N–H and O–H groups in total. The minimum absolute atomic E-state index is 0.209. The number of hydrogen-bond donors (Lipinski definition) is 1. The van der Waals surface area contributed by atoms with Crippen molar-refractivity contribution in [2.75, 3.05) is 19.7 Å². The van der Waals surface area contributed by atoms with Gasteiger partial charge in [0, 0.05) is 26.2 Å². The van der Waals surface area contributed by atoms with E-state index < -0.39 is 0 Å². The van der Waals surface area contributed by atoms with Gasteiger partial charge in [-0.25, -0.2) is 0 Å². The molecule has 0 radical (unpaired) electrons. The summed E-state index contributed by atoms with van der Waals surface area (Å²) in [6.45, 7) is 8.05. The van der Waals surface area contributed by atoms with E-state index in [1.165, 1.54) is 11.1 Å². The maximum Gasteiger partial charge on any atom is 0.0436 e. The van der Waals surface area contributed by atoms with Crippen molar-refractivity contribution in [2.45, 2.75) is 33.2 Å². The van der Waals surface area contributed by atoms with Crippen LogP contribution in [0, 0.1) is 5.41 Å². The van der Waals surface area contributed by atoms with Gasteiger partial charge in [0.1, 0.15) is 0 Å². The number of hydrogen-bond acceptors (Lipinski definition) is 2. The standard InChI is InChI=1S/C15H23NO/c1-15(2,8-10-17)12-16-9-7-13-5-3-4-6-14(13)11-16/h3-6,17H,7-12H2,1-2H3. The molecular formula is C15H23NO. The smallest absolute Gasteiger partial charge is 0.0436 e. The third kappa shape index (κ3) is 3.30. The van der Waals surface area contributed by atoms with Crippen LogP contribution in [0.1, 0.15) is 31.4 Å². The van der Waals surface area contributed by atoms with Crippen molar-refractivity contribution in [3.63, 3.8) is 0 Å². The number of nitrogens with zero attached hydrogens (tertiary/aromatic N) is 1. The van der Waals surface area contributed by atoms with E-state index in [2.05, 4.69) is 43.0 Å². The van der Waals surface area contributed by atoms with Gasteiger partial charge in [-0.15, -0.1) is 0 Å². The maximum absolute atomic E-state index is 9.07. The van der Waals surface area contributed by atoms with Crippen LogP contribution < -0.4 is 0 Å². The van der Waals surface area contributed by atoms with Gasteiger partial charge >= 0.3 is 0 Å². The lowest BCUT2D eigenvalue weighted by Gasteiger charge is -2.35. The number of fused-ring (bicyclic) bond motifs is 1. The largest absolute Gasteiger partial charge is 0.396 e. The van der Waals surface area contributed by atoms with Crippen LogP contribution in [0.4, 0.5) is 0 Å². The number of aliphatic hydroxyl groups is 1. The first-order chi connectivity index (χ1) is 8.11. The number of benzene rings is 1. The zero-order valence-electron chi connectivity index (χ0n) is 10.9. The predicted molar refractivity (Wildman–Crippen MR) is 70.9 cm³/mol. The van der Waals surface area contributed by atoms with Gasteiger partial charge in [0.2, 0.25) is 0 Å². The molecule has 0 unspecified atom stereocenters. The summed E-state index contributed by atoms with van der Waals surface area (Å²) >= 11 is 0. The van der Waals surface area contributed by atoms with Gasteiger partial charge in [0.25, 0.3) is 0 Å². The molecule has 1 aromatic carbocycles. The third-order valence-corrected chi connectivity index (χ3v) is 3.65. The summed E-state index contributed by atoms with van der Waals surface area (Å²) in [5.74, 6) is 0. The Hall–Kier alpha value is -0.860. The van der Waals surface area contributed by atoms with E-state index in [1.54, 1.807) is 0 Å². The summed E-state index contributed by atoms with van der Waals surface area (Å²) in [5.41, 5.74) is 3.18.